The van der Waals surface area contributed by atoms with Gasteiger partial charge < -0.3 is 4.74 Å². The van der Waals surface area contributed by atoms with Crippen LogP contribution in [-0.4, -0.2) is 23.5 Å². The first-order chi connectivity index (χ1) is 7.24. The van der Waals surface area contributed by atoms with Crippen LogP contribution in [0.1, 0.15) is 19.4 Å². The Morgan fingerprint density at radius 3 is 3.00 bits per heavy atom. The van der Waals surface area contributed by atoms with Crippen LogP contribution in [0.25, 0.3) is 0 Å². The predicted octanol–water partition coefficient (Wildman–Crippen LogP) is 2.44. The number of pyridine rings is 1. The molecule has 0 atom stereocenters. The fourth-order valence-electron chi connectivity index (χ4n) is 1.06. The van der Waals surface area contributed by atoms with Crippen molar-refractivity contribution in [3.8, 4) is 0 Å². The summed E-state index contributed by atoms with van der Waals surface area (Å²) in [5.74, 6) is 0.623. The van der Waals surface area contributed by atoms with Crippen molar-refractivity contribution in [3.05, 3.63) is 42.7 Å². The SMILES string of the molecule is C=CCN=C(OC(C)C)c1cccnc1. The van der Waals surface area contributed by atoms with E-state index in [1.54, 1.807) is 18.5 Å². The van der Waals surface area contributed by atoms with Gasteiger partial charge in [0.05, 0.1) is 18.2 Å². The predicted molar refractivity (Wildman–Crippen MR) is 62.1 cm³/mol. The van der Waals surface area contributed by atoms with Crippen LogP contribution in [0, 0.1) is 0 Å². The smallest absolute Gasteiger partial charge is 0.218 e. The zero-order valence-corrected chi connectivity index (χ0v) is 9.18. The summed E-state index contributed by atoms with van der Waals surface area (Å²) < 4.78 is 5.60. The van der Waals surface area contributed by atoms with Gasteiger partial charge in [0.25, 0.3) is 0 Å². The summed E-state index contributed by atoms with van der Waals surface area (Å²) in [5, 5.41) is 0. The minimum absolute atomic E-state index is 0.105. The number of rotatable bonds is 4. The molecule has 0 radical (unpaired) electrons. The molecule has 15 heavy (non-hydrogen) atoms. The van der Waals surface area contributed by atoms with Crippen molar-refractivity contribution >= 4 is 5.90 Å². The van der Waals surface area contributed by atoms with Crippen molar-refractivity contribution in [2.24, 2.45) is 4.99 Å². The summed E-state index contributed by atoms with van der Waals surface area (Å²) in [5.41, 5.74) is 0.896. The van der Waals surface area contributed by atoms with E-state index in [-0.39, 0.29) is 6.10 Å². The second kappa shape index (κ2) is 5.96. The highest BCUT2D eigenvalue weighted by atomic mass is 16.5. The minimum atomic E-state index is 0.105. The molecule has 0 fully saturated rings. The quantitative estimate of drug-likeness (QED) is 0.429. The van der Waals surface area contributed by atoms with Crippen LogP contribution < -0.4 is 0 Å². The van der Waals surface area contributed by atoms with Gasteiger partial charge in [-0.3, -0.25) is 4.98 Å². The summed E-state index contributed by atoms with van der Waals surface area (Å²) in [4.78, 5) is 8.32. The van der Waals surface area contributed by atoms with Gasteiger partial charge in [0.1, 0.15) is 0 Å². The van der Waals surface area contributed by atoms with Crippen LogP contribution >= 0.6 is 0 Å². The molecule has 1 heterocycles. The van der Waals surface area contributed by atoms with Gasteiger partial charge in [-0.15, -0.1) is 6.58 Å². The molecule has 0 unspecified atom stereocenters. The Morgan fingerprint density at radius 1 is 1.67 bits per heavy atom. The molecule has 1 aromatic rings. The monoisotopic (exact) mass is 204 g/mol. The van der Waals surface area contributed by atoms with E-state index in [9.17, 15) is 0 Å². The maximum Gasteiger partial charge on any atom is 0.218 e. The molecule has 0 spiro atoms. The molecular weight excluding hydrogens is 188 g/mol. The van der Waals surface area contributed by atoms with Crippen molar-refractivity contribution in [3.63, 3.8) is 0 Å². The normalized spacial score (nSPS) is 11.5. The first kappa shape index (κ1) is 11.4. The molecule has 80 valence electrons. The zero-order valence-electron chi connectivity index (χ0n) is 9.18. The molecule has 1 rings (SSSR count). The van der Waals surface area contributed by atoms with Crippen LogP contribution in [0.5, 0.6) is 0 Å². The first-order valence-electron chi connectivity index (χ1n) is 4.96. The van der Waals surface area contributed by atoms with Crippen molar-refractivity contribution < 1.29 is 4.74 Å². The third-order valence-electron chi connectivity index (χ3n) is 1.62. The van der Waals surface area contributed by atoms with Gasteiger partial charge >= 0.3 is 0 Å². The molecule has 0 aliphatic carbocycles. The summed E-state index contributed by atoms with van der Waals surface area (Å²) in [6.45, 7) is 8.12. The zero-order chi connectivity index (χ0) is 11.1. The van der Waals surface area contributed by atoms with E-state index in [0.717, 1.165) is 5.56 Å². The summed E-state index contributed by atoms with van der Waals surface area (Å²) in [6.07, 6.45) is 5.31. The minimum Gasteiger partial charge on any atom is -0.475 e. The third kappa shape index (κ3) is 3.94. The van der Waals surface area contributed by atoms with Crippen molar-refractivity contribution in [2.45, 2.75) is 20.0 Å². The summed E-state index contributed by atoms with van der Waals surface area (Å²) in [7, 11) is 0. The Kier molecular flexibility index (Phi) is 4.54. The molecule has 0 aliphatic heterocycles. The van der Waals surface area contributed by atoms with Crippen molar-refractivity contribution in [1.82, 2.24) is 4.98 Å². The van der Waals surface area contributed by atoms with Crippen molar-refractivity contribution in [1.29, 1.82) is 0 Å². The van der Waals surface area contributed by atoms with Gasteiger partial charge in [0.15, 0.2) is 0 Å². The molecule has 3 heteroatoms. The molecular formula is C12H16N2O. The molecule has 0 aromatic carbocycles. The Hall–Kier alpha value is -1.64. The highest BCUT2D eigenvalue weighted by Gasteiger charge is 2.05. The van der Waals surface area contributed by atoms with Crippen LogP contribution in [0.3, 0.4) is 0 Å². The largest absolute Gasteiger partial charge is 0.475 e. The lowest BCUT2D eigenvalue weighted by Gasteiger charge is -2.11. The molecule has 0 saturated carbocycles. The van der Waals surface area contributed by atoms with Crippen molar-refractivity contribution in [2.75, 3.05) is 6.54 Å². The summed E-state index contributed by atoms with van der Waals surface area (Å²) >= 11 is 0. The summed E-state index contributed by atoms with van der Waals surface area (Å²) in [6, 6.07) is 3.79. The van der Waals surface area contributed by atoms with Crippen LogP contribution in [0.15, 0.2) is 42.2 Å². The topological polar surface area (TPSA) is 34.5 Å². The Bertz CT molecular complexity index is 331. The lowest BCUT2D eigenvalue weighted by molar-refractivity contribution is 0.229. The van der Waals surface area contributed by atoms with E-state index in [1.165, 1.54) is 0 Å². The molecule has 0 saturated heterocycles. The number of nitrogens with zero attached hydrogens (tertiary/aromatic N) is 2. The van der Waals surface area contributed by atoms with E-state index in [4.69, 9.17) is 4.74 Å². The number of hydrogen-bond acceptors (Lipinski definition) is 3. The lowest BCUT2D eigenvalue weighted by atomic mass is 10.3. The van der Waals surface area contributed by atoms with Gasteiger partial charge in [0.2, 0.25) is 5.90 Å². The van der Waals surface area contributed by atoms with Crippen LogP contribution in [0.2, 0.25) is 0 Å². The molecule has 3 nitrogen and oxygen atoms in total. The highest BCUT2D eigenvalue weighted by Crippen LogP contribution is 2.03. The van der Waals surface area contributed by atoms with Crippen LogP contribution in [-0.2, 0) is 4.74 Å². The highest BCUT2D eigenvalue weighted by molar-refractivity contribution is 5.93. The Balaban J connectivity index is 2.86. The van der Waals surface area contributed by atoms with E-state index >= 15 is 0 Å². The number of aromatic nitrogens is 1. The van der Waals surface area contributed by atoms with Gasteiger partial charge in [-0.25, -0.2) is 4.99 Å². The molecule has 0 aliphatic rings. The van der Waals surface area contributed by atoms with Crippen LogP contribution in [0.4, 0.5) is 0 Å². The average Bonchev–Trinajstić information content (AvgIpc) is 2.25. The molecule has 0 bridgehead atoms. The van der Waals surface area contributed by atoms with E-state index < -0.39 is 0 Å². The van der Waals surface area contributed by atoms with Gasteiger partial charge in [-0.05, 0) is 26.0 Å². The van der Waals surface area contributed by atoms with Gasteiger partial charge in [-0.2, -0.15) is 0 Å². The average molecular weight is 204 g/mol. The van der Waals surface area contributed by atoms with Gasteiger partial charge in [0, 0.05) is 12.4 Å². The number of aliphatic imine (C=N–C) groups is 1. The standard InChI is InChI=1S/C12H16N2O/c1-4-7-14-12(15-10(2)3)11-6-5-8-13-9-11/h4-6,8-10H,1,7H2,2-3H3. The van der Waals surface area contributed by atoms with E-state index in [2.05, 4.69) is 16.6 Å². The van der Waals surface area contributed by atoms with E-state index in [0.29, 0.717) is 12.4 Å². The lowest BCUT2D eigenvalue weighted by Crippen LogP contribution is -2.13. The molecule has 0 amide bonds. The van der Waals surface area contributed by atoms with Gasteiger partial charge in [-0.1, -0.05) is 6.08 Å². The Morgan fingerprint density at radius 2 is 2.47 bits per heavy atom. The fourth-order valence-corrected chi connectivity index (χ4v) is 1.06. The third-order valence-corrected chi connectivity index (χ3v) is 1.62. The maximum atomic E-state index is 5.60. The first-order valence-corrected chi connectivity index (χ1v) is 4.96. The number of ether oxygens (including phenoxy) is 1. The number of hydrogen-bond donors (Lipinski definition) is 0. The maximum absolute atomic E-state index is 5.60. The van der Waals surface area contributed by atoms with E-state index in [1.807, 2.05) is 26.0 Å². The molecule has 1 aromatic heterocycles. The second-order valence-corrected chi connectivity index (χ2v) is 3.34. The molecule has 0 N–H and O–H groups in total. The second-order valence-electron chi connectivity index (χ2n) is 3.34. The Labute approximate surface area is 90.5 Å². The fraction of sp³-hybridized carbons (Fsp3) is 0.333.